The first-order valence-electron chi connectivity index (χ1n) is 5.22. The zero-order valence-corrected chi connectivity index (χ0v) is 9.45. The highest BCUT2D eigenvalue weighted by atomic mass is 16.6. The second-order valence-corrected chi connectivity index (χ2v) is 4.20. The van der Waals surface area contributed by atoms with Gasteiger partial charge in [0.1, 0.15) is 18.0 Å². The van der Waals surface area contributed by atoms with E-state index >= 15 is 0 Å². The molecule has 0 aromatic heterocycles. The number of para-hydroxylation sites is 2. The van der Waals surface area contributed by atoms with Crippen LogP contribution < -0.4 is 10.1 Å². The lowest BCUT2D eigenvalue weighted by Gasteiger charge is -2.12. The van der Waals surface area contributed by atoms with Crippen molar-refractivity contribution in [2.75, 3.05) is 18.5 Å². The van der Waals surface area contributed by atoms with E-state index in [1.54, 1.807) is 0 Å². The third-order valence-corrected chi connectivity index (χ3v) is 2.37. The Hall–Kier alpha value is -1.55. The number of ether oxygens (including phenoxy) is 2. The van der Waals surface area contributed by atoms with Gasteiger partial charge in [-0.3, -0.25) is 4.79 Å². The highest BCUT2D eigenvalue weighted by Gasteiger charge is 2.40. The zero-order chi connectivity index (χ0) is 11.6. The molecule has 1 atom stereocenters. The van der Waals surface area contributed by atoms with Crippen LogP contribution in [0.3, 0.4) is 0 Å². The van der Waals surface area contributed by atoms with Gasteiger partial charge < -0.3 is 14.8 Å². The number of amides is 1. The fourth-order valence-electron chi connectivity index (χ4n) is 1.32. The lowest BCUT2D eigenvalue weighted by molar-refractivity contribution is -0.114. The van der Waals surface area contributed by atoms with Crippen LogP contribution in [0.4, 0.5) is 5.69 Å². The molecule has 0 unspecified atom stereocenters. The van der Waals surface area contributed by atoms with Gasteiger partial charge in [0, 0.05) is 6.92 Å². The molecule has 1 aromatic rings. The normalized spacial score (nSPS) is 22.6. The molecule has 0 spiro atoms. The average molecular weight is 221 g/mol. The molecule has 0 saturated carbocycles. The second-order valence-electron chi connectivity index (χ2n) is 4.20. The van der Waals surface area contributed by atoms with Gasteiger partial charge in [-0.05, 0) is 19.1 Å². The maximum absolute atomic E-state index is 11.0. The van der Waals surface area contributed by atoms with Crippen LogP contribution in [0.15, 0.2) is 24.3 Å². The minimum atomic E-state index is -0.149. The second kappa shape index (κ2) is 4.14. The molecule has 1 amide bonds. The molecule has 1 N–H and O–H groups in total. The molecule has 0 bridgehead atoms. The van der Waals surface area contributed by atoms with E-state index in [0.29, 0.717) is 18.0 Å². The molecular weight excluding hydrogens is 206 g/mol. The third kappa shape index (κ3) is 2.73. The topological polar surface area (TPSA) is 50.9 Å². The van der Waals surface area contributed by atoms with Gasteiger partial charge in [0.2, 0.25) is 5.91 Å². The van der Waals surface area contributed by atoms with E-state index in [0.717, 1.165) is 6.61 Å². The number of benzene rings is 1. The summed E-state index contributed by atoms with van der Waals surface area (Å²) in [5.74, 6) is 0.569. The van der Waals surface area contributed by atoms with E-state index in [2.05, 4.69) is 5.32 Å². The van der Waals surface area contributed by atoms with Crippen molar-refractivity contribution in [1.82, 2.24) is 0 Å². The summed E-state index contributed by atoms with van der Waals surface area (Å²) in [6, 6.07) is 7.37. The van der Waals surface area contributed by atoms with Crippen LogP contribution in [-0.2, 0) is 9.53 Å². The molecule has 1 aromatic carbocycles. The highest BCUT2D eigenvalue weighted by molar-refractivity contribution is 5.90. The number of anilines is 1. The van der Waals surface area contributed by atoms with Crippen molar-refractivity contribution in [3.8, 4) is 5.75 Å². The maximum Gasteiger partial charge on any atom is 0.221 e. The van der Waals surface area contributed by atoms with Gasteiger partial charge in [0.25, 0.3) is 0 Å². The summed E-state index contributed by atoms with van der Waals surface area (Å²) >= 11 is 0. The molecule has 0 aliphatic carbocycles. The Labute approximate surface area is 94.6 Å². The predicted molar refractivity (Wildman–Crippen MR) is 60.6 cm³/mol. The lowest BCUT2D eigenvalue weighted by Crippen LogP contribution is -2.18. The van der Waals surface area contributed by atoms with Crippen LogP contribution in [0, 0.1) is 0 Å². The molecule has 86 valence electrons. The minimum Gasteiger partial charge on any atom is -0.488 e. The fourth-order valence-corrected chi connectivity index (χ4v) is 1.32. The summed E-state index contributed by atoms with van der Waals surface area (Å²) in [6.45, 7) is 4.70. The number of rotatable bonds is 4. The van der Waals surface area contributed by atoms with Crippen LogP contribution in [-0.4, -0.2) is 24.7 Å². The monoisotopic (exact) mass is 221 g/mol. The van der Waals surface area contributed by atoms with Crippen LogP contribution >= 0.6 is 0 Å². The lowest BCUT2D eigenvalue weighted by atomic mass is 10.2. The SMILES string of the molecule is CC(=O)Nc1ccccc1OC[C@]1(C)CO1. The quantitative estimate of drug-likeness (QED) is 0.789. The molecule has 1 saturated heterocycles. The summed E-state index contributed by atoms with van der Waals surface area (Å²) in [5, 5.41) is 2.73. The van der Waals surface area contributed by atoms with Crippen molar-refractivity contribution in [1.29, 1.82) is 0 Å². The predicted octanol–water partition coefficient (Wildman–Crippen LogP) is 1.81. The van der Waals surface area contributed by atoms with Gasteiger partial charge in [-0.15, -0.1) is 0 Å². The molecule has 1 aliphatic rings. The van der Waals surface area contributed by atoms with E-state index in [9.17, 15) is 4.79 Å². The first-order valence-corrected chi connectivity index (χ1v) is 5.22. The highest BCUT2D eigenvalue weighted by Crippen LogP contribution is 2.29. The van der Waals surface area contributed by atoms with Crippen LogP contribution in [0.2, 0.25) is 0 Å². The van der Waals surface area contributed by atoms with Crippen molar-refractivity contribution in [2.45, 2.75) is 19.4 Å². The Morgan fingerprint density at radius 3 is 2.88 bits per heavy atom. The third-order valence-electron chi connectivity index (χ3n) is 2.37. The van der Waals surface area contributed by atoms with E-state index in [1.807, 2.05) is 31.2 Å². The first kappa shape index (κ1) is 11.0. The fraction of sp³-hybridized carbons (Fsp3) is 0.417. The Kier molecular flexibility index (Phi) is 2.83. The number of carbonyl (C=O) groups excluding carboxylic acids is 1. The van der Waals surface area contributed by atoms with Gasteiger partial charge in [-0.2, -0.15) is 0 Å². The standard InChI is InChI=1S/C12H15NO3/c1-9(14)13-10-5-3-4-6-11(10)15-7-12(2)8-16-12/h3-6H,7-8H2,1-2H3,(H,13,14)/t12-/m1/s1. The molecule has 0 radical (unpaired) electrons. The molecule has 2 rings (SSSR count). The molecule has 16 heavy (non-hydrogen) atoms. The summed E-state index contributed by atoms with van der Waals surface area (Å²) in [5.41, 5.74) is 0.544. The van der Waals surface area contributed by atoms with Gasteiger partial charge in [-0.25, -0.2) is 0 Å². The minimum absolute atomic E-state index is 0.107. The summed E-state index contributed by atoms with van der Waals surface area (Å²) in [4.78, 5) is 11.0. The van der Waals surface area contributed by atoms with Gasteiger partial charge in [-0.1, -0.05) is 12.1 Å². The van der Waals surface area contributed by atoms with Crippen molar-refractivity contribution >= 4 is 11.6 Å². The van der Waals surface area contributed by atoms with Crippen molar-refractivity contribution in [3.05, 3.63) is 24.3 Å². The molecule has 1 aliphatic heterocycles. The zero-order valence-electron chi connectivity index (χ0n) is 9.45. The average Bonchev–Trinajstić information content (AvgIpc) is 2.95. The van der Waals surface area contributed by atoms with Crippen LogP contribution in [0.1, 0.15) is 13.8 Å². The van der Waals surface area contributed by atoms with Gasteiger partial charge >= 0.3 is 0 Å². The number of hydrogen-bond acceptors (Lipinski definition) is 3. The smallest absolute Gasteiger partial charge is 0.221 e. The number of epoxide rings is 1. The van der Waals surface area contributed by atoms with Gasteiger partial charge in [0.05, 0.1) is 12.3 Å². The van der Waals surface area contributed by atoms with Crippen molar-refractivity contribution in [3.63, 3.8) is 0 Å². The first-order chi connectivity index (χ1) is 7.59. The molecule has 1 fully saturated rings. The molecule has 4 nitrogen and oxygen atoms in total. The number of nitrogens with one attached hydrogen (secondary N) is 1. The Balaban J connectivity index is 2.03. The summed E-state index contributed by atoms with van der Waals surface area (Å²) in [7, 11) is 0. The van der Waals surface area contributed by atoms with Crippen molar-refractivity contribution in [2.24, 2.45) is 0 Å². The summed E-state index contributed by atoms with van der Waals surface area (Å²) < 4.78 is 10.9. The van der Waals surface area contributed by atoms with E-state index < -0.39 is 0 Å². The van der Waals surface area contributed by atoms with E-state index in [1.165, 1.54) is 6.92 Å². The van der Waals surface area contributed by atoms with E-state index in [4.69, 9.17) is 9.47 Å². The van der Waals surface area contributed by atoms with Crippen LogP contribution in [0.5, 0.6) is 5.75 Å². The Morgan fingerprint density at radius 2 is 2.25 bits per heavy atom. The Bertz CT molecular complexity index is 399. The van der Waals surface area contributed by atoms with Crippen LogP contribution in [0.25, 0.3) is 0 Å². The summed E-state index contributed by atoms with van der Waals surface area (Å²) in [6.07, 6.45) is 0. The Morgan fingerprint density at radius 1 is 1.56 bits per heavy atom. The molecule has 1 heterocycles. The van der Waals surface area contributed by atoms with Crippen molar-refractivity contribution < 1.29 is 14.3 Å². The largest absolute Gasteiger partial charge is 0.488 e. The number of hydrogen-bond donors (Lipinski definition) is 1. The maximum atomic E-state index is 11.0. The molecular formula is C12H15NO3. The number of carbonyl (C=O) groups is 1. The van der Waals surface area contributed by atoms with Gasteiger partial charge in [0.15, 0.2) is 0 Å². The molecule has 4 heteroatoms. The van der Waals surface area contributed by atoms with E-state index in [-0.39, 0.29) is 11.5 Å².